The lowest BCUT2D eigenvalue weighted by Crippen LogP contribution is -1.79. The predicted molar refractivity (Wildman–Crippen MR) is 211 cm³/mol. The summed E-state index contributed by atoms with van der Waals surface area (Å²) in [4.78, 5) is 50.3. The van der Waals surface area contributed by atoms with Crippen LogP contribution >= 0.6 is 45.3 Å². The van der Waals surface area contributed by atoms with Crippen LogP contribution in [0.15, 0.2) is 121 Å². The molecule has 0 atom stereocenters. The van der Waals surface area contributed by atoms with Gasteiger partial charge in [-0.15, -0.1) is 45.3 Å². The van der Waals surface area contributed by atoms with Gasteiger partial charge in [-0.05, 0) is 46.5 Å². The number of thiophene rings is 4. The minimum atomic E-state index is 0.635. The highest BCUT2D eigenvalue weighted by Gasteiger charge is 2.15. The average Bonchev–Trinajstić information content (AvgIpc) is 4.02. The van der Waals surface area contributed by atoms with Gasteiger partial charge in [0.15, 0.2) is 0 Å². The van der Waals surface area contributed by atoms with Gasteiger partial charge in [0.2, 0.25) is 0 Å². The third kappa shape index (κ3) is 5.57. The summed E-state index contributed by atoms with van der Waals surface area (Å²) in [6.45, 7) is 0. The second kappa shape index (κ2) is 13.2. The van der Waals surface area contributed by atoms with Crippen molar-refractivity contribution in [1.82, 2.24) is 0 Å². The molecule has 0 saturated carbocycles. The quantitative estimate of drug-likeness (QED) is 0.145. The van der Waals surface area contributed by atoms with E-state index in [9.17, 15) is 19.2 Å². The average molecular weight is 745 g/mol. The summed E-state index contributed by atoms with van der Waals surface area (Å²) in [6, 6.07) is 40.0. The maximum Gasteiger partial charge on any atom is 0.150 e. The van der Waals surface area contributed by atoms with E-state index in [4.69, 9.17) is 0 Å². The standard InChI is InChI=1S/C44H24O4S4/c45-21-25-1-9-29(10-2-25)37-17-33-34-18-38(30-11-3-26(22-46)4-12-30)51-43(34)44-36(20-40(52-44)32-15-7-28(24-48)8-16-32)35-19-39(50-42(35)41(33)49-37)31-13-5-27(23-47)6-14-31/h1-24H/b34-33-,36-35?,42-41-,44-43?. The van der Waals surface area contributed by atoms with Gasteiger partial charge in [-0.3, -0.25) is 19.2 Å². The molecule has 248 valence electrons. The Balaban J connectivity index is 1.46. The smallest absolute Gasteiger partial charge is 0.150 e. The van der Waals surface area contributed by atoms with Crippen LogP contribution < -0.4 is 0 Å². The van der Waals surface area contributed by atoms with Crippen molar-refractivity contribution in [1.29, 1.82) is 0 Å². The van der Waals surface area contributed by atoms with E-state index < -0.39 is 0 Å². The summed E-state index contributed by atoms with van der Waals surface area (Å²) in [5, 5.41) is 4.57. The van der Waals surface area contributed by atoms with Gasteiger partial charge in [-0.1, -0.05) is 97.1 Å². The van der Waals surface area contributed by atoms with Gasteiger partial charge in [0.1, 0.15) is 25.1 Å². The van der Waals surface area contributed by atoms with Gasteiger partial charge in [0, 0.05) is 62.6 Å². The largest absolute Gasteiger partial charge is 0.298 e. The fourth-order valence-corrected chi connectivity index (χ4v) is 11.5. The molecule has 4 heterocycles. The van der Waals surface area contributed by atoms with E-state index in [1.807, 2.05) is 97.1 Å². The summed E-state index contributed by atoms with van der Waals surface area (Å²) in [6.07, 6.45) is 3.46. The molecule has 0 fully saturated rings. The van der Waals surface area contributed by atoms with Crippen LogP contribution in [0, 0.1) is 39.0 Å². The van der Waals surface area contributed by atoms with Gasteiger partial charge in [-0.2, -0.15) is 0 Å². The maximum absolute atomic E-state index is 11.5. The number of hydrogen-bond donors (Lipinski definition) is 0. The van der Waals surface area contributed by atoms with E-state index >= 15 is 0 Å². The molecule has 0 N–H and O–H groups in total. The third-order valence-corrected chi connectivity index (χ3v) is 14.3. The molecule has 0 radical (unpaired) electrons. The minimum absolute atomic E-state index is 0.635. The molecular weight excluding hydrogens is 721 g/mol. The summed E-state index contributed by atoms with van der Waals surface area (Å²) < 4.78 is 4.67. The van der Waals surface area contributed by atoms with Crippen LogP contribution in [0.25, 0.3) is 41.8 Å². The maximum atomic E-state index is 11.5. The summed E-state index contributed by atoms with van der Waals surface area (Å²) >= 11 is 7.00. The van der Waals surface area contributed by atoms with Gasteiger partial charge in [-0.25, -0.2) is 0 Å². The number of fused-ring (bicyclic) bond motifs is 4. The Morgan fingerprint density at radius 2 is 0.481 bits per heavy atom. The Morgan fingerprint density at radius 1 is 0.288 bits per heavy atom. The number of carbonyl (C=O) groups is 4. The third-order valence-electron chi connectivity index (χ3n) is 9.25. The number of benzene rings is 4. The number of hydrogen-bond acceptors (Lipinski definition) is 8. The van der Waals surface area contributed by atoms with E-state index in [-0.39, 0.29) is 0 Å². The Hall–Kier alpha value is -5.64. The molecule has 52 heavy (non-hydrogen) atoms. The summed E-state index contributed by atoms with van der Waals surface area (Å²) in [7, 11) is 0. The highest BCUT2D eigenvalue weighted by atomic mass is 32.1. The van der Waals surface area contributed by atoms with Gasteiger partial charge >= 0.3 is 0 Å². The molecule has 1 aliphatic rings. The Kier molecular flexibility index (Phi) is 8.17. The zero-order valence-corrected chi connectivity index (χ0v) is 30.4. The molecule has 0 bridgehead atoms. The van der Waals surface area contributed by atoms with Crippen molar-refractivity contribution in [3.8, 4) is 41.8 Å². The Morgan fingerprint density at radius 3 is 0.654 bits per heavy atom. The van der Waals surface area contributed by atoms with Crippen LogP contribution in [0.3, 0.4) is 0 Å². The molecule has 4 aromatic heterocycles. The molecule has 4 nitrogen and oxygen atoms in total. The first-order valence-electron chi connectivity index (χ1n) is 16.3. The molecule has 0 amide bonds. The zero-order chi connectivity index (χ0) is 35.3. The van der Waals surface area contributed by atoms with Crippen LogP contribution in [0.2, 0.25) is 0 Å². The monoisotopic (exact) mass is 744 g/mol. The predicted octanol–water partition coefficient (Wildman–Crippen LogP) is 11.3. The van der Waals surface area contributed by atoms with Crippen LogP contribution in [-0.4, -0.2) is 25.1 Å². The lowest BCUT2D eigenvalue weighted by Gasteiger charge is -1.96. The van der Waals surface area contributed by atoms with Crippen molar-refractivity contribution in [2.75, 3.05) is 0 Å². The first-order valence-corrected chi connectivity index (χ1v) is 19.6. The zero-order valence-electron chi connectivity index (χ0n) is 27.1. The molecule has 9 rings (SSSR count). The molecule has 0 spiro atoms. The Labute approximate surface area is 312 Å². The highest BCUT2D eigenvalue weighted by Crippen LogP contribution is 2.38. The molecule has 0 unspecified atom stereocenters. The Bertz CT molecular complexity index is 2540. The van der Waals surface area contributed by atoms with Crippen molar-refractivity contribution in [2.24, 2.45) is 0 Å². The molecule has 8 aromatic rings. The molecule has 8 heteroatoms. The topological polar surface area (TPSA) is 68.3 Å². The van der Waals surface area contributed by atoms with E-state index in [1.165, 1.54) is 18.1 Å². The molecular formula is C44H24O4S4. The van der Waals surface area contributed by atoms with Crippen molar-refractivity contribution in [3.63, 3.8) is 0 Å². The minimum Gasteiger partial charge on any atom is -0.298 e. The SMILES string of the molecule is O=Cc1ccc(-c2cc3c(s2)=c2sc(-c4ccc(C=O)cc4)c/c2=c2\cc(-c4ccc(C=O)cc4)s\c2=c2/sc(-c4ccc(C=O)cc4)cc2=3)cc1. The highest BCUT2D eigenvalue weighted by molar-refractivity contribution is 7.18. The van der Waals surface area contributed by atoms with Gasteiger partial charge in [0.05, 0.1) is 18.1 Å². The normalized spacial score (nSPS) is 12.8. The van der Waals surface area contributed by atoms with Crippen molar-refractivity contribution >= 4 is 70.5 Å². The number of rotatable bonds is 8. The van der Waals surface area contributed by atoms with E-state index in [1.54, 1.807) is 45.3 Å². The second-order valence-corrected chi connectivity index (χ2v) is 16.6. The fraction of sp³-hybridized carbons (Fsp3) is 0. The van der Waals surface area contributed by atoms with E-state index in [0.717, 1.165) is 87.8 Å². The van der Waals surface area contributed by atoms with Crippen molar-refractivity contribution in [3.05, 3.63) is 183 Å². The van der Waals surface area contributed by atoms with E-state index in [2.05, 4.69) is 24.3 Å². The number of carbonyl (C=O) groups excluding carboxylic acids is 4. The van der Waals surface area contributed by atoms with Crippen molar-refractivity contribution in [2.45, 2.75) is 0 Å². The molecule has 1 aliphatic carbocycles. The van der Waals surface area contributed by atoms with Crippen LogP contribution in [0.1, 0.15) is 41.4 Å². The summed E-state index contributed by atoms with van der Waals surface area (Å²) in [5.74, 6) is 0. The number of aldehydes is 4. The van der Waals surface area contributed by atoms with Crippen LogP contribution in [0.5, 0.6) is 0 Å². The van der Waals surface area contributed by atoms with Gasteiger partial charge < -0.3 is 0 Å². The lowest BCUT2D eigenvalue weighted by molar-refractivity contribution is 0.111. The van der Waals surface area contributed by atoms with Gasteiger partial charge in [0.25, 0.3) is 0 Å². The second-order valence-electron chi connectivity index (χ2n) is 12.4. The lowest BCUT2D eigenvalue weighted by atomic mass is 10.1. The molecule has 0 saturated heterocycles. The van der Waals surface area contributed by atoms with E-state index in [0.29, 0.717) is 22.3 Å². The van der Waals surface area contributed by atoms with Crippen molar-refractivity contribution < 1.29 is 19.2 Å². The first kappa shape index (κ1) is 32.3. The van der Waals surface area contributed by atoms with Crippen LogP contribution in [-0.2, 0) is 0 Å². The summed E-state index contributed by atoms with van der Waals surface area (Å²) in [5.41, 5.74) is 6.72. The first-order chi connectivity index (χ1) is 25.5. The fourth-order valence-electron chi connectivity index (χ4n) is 6.51. The molecule has 4 aromatic carbocycles. The molecule has 0 aliphatic heterocycles. The van der Waals surface area contributed by atoms with Crippen LogP contribution in [0.4, 0.5) is 0 Å².